The number of fused-ring (bicyclic) bond motifs is 1. The Balaban J connectivity index is 0.970. The van der Waals surface area contributed by atoms with E-state index in [1.54, 1.807) is 6.20 Å². The summed E-state index contributed by atoms with van der Waals surface area (Å²) in [6.45, 7) is 13.5. The first-order valence-electron chi connectivity index (χ1n) is 25.7. The van der Waals surface area contributed by atoms with E-state index in [-0.39, 0.29) is 57.1 Å². The van der Waals surface area contributed by atoms with Crippen LogP contribution in [0.5, 0.6) is 5.75 Å². The number of unbranched alkanes of at least 4 members (excludes halogenated alkanes) is 2. The zero-order valence-electron chi connectivity index (χ0n) is 44.0. The van der Waals surface area contributed by atoms with E-state index in [1.165, 1.54) is 5.06 Å². The van der Waals surface area contributed by atoms with Gasteiger partial charge in [0.15, 0.2) is 11.6 Å². The van der Waals surface area contributed by atoms with Crippen molar-refractivity contribution in [2.75, 3.05) is 165 Å². The largest absolute Gasteiger partial charge is 0.420 e. The molecule has 0 unspecified atom stereocenters. The summed E-state index contributed by atoms with van der Waals surface area (Å²) in [7, 11) is 0. The third-order valence-corrected chi connectivity index (χ3v) is 10.3. The van der Waals surface area contributed by atoms with Crippen molar-refractivity contribution in [2.45, 2.75) is 65.3 Å². The molecule has 432 valence electrons. The Hall–Kier alpha value is -4.71. The molecular formula is C50H78F4N6O16. The summed E-state index contributed by atoms with van der Waals surface area (Å²) in [5.74, 6) is -9.47. The summed E-state index contributed by atoms with van der Waals surface area (Å²) in [5.41, 5.74) is 8.00. The number of ether oxygens (including phenoxy) is 12. The smallest absolute Gasteiger partial charge is 0.313 e. The lowest BCUT2D eigenvalue weighted by Crippen LogP contribution is -2.34. The molecule has 0 fully saturated rings. The molecule has 0 radical (unpaired) electrons. The molecule has 0 bridgehead atoms. The number of hydroxylamine groups is 2. The quantitative estimate of drug-likeness (QED) is 0.0235. The van der Waals surface area contributed by atoms with Crippen LogP contribution in [0.1, 0.15) is 64.5 Å². The average molecular weight is 1100 g/mol. The van der Waals surface area contributed by atoms with Gasteiger partial charge in [-0.3, -0.25) is 23.9 Å². The van der Waals surface area contributed by atoms with E-state index in [4.69, 9.17) is 62.7 Å². The van der Waals surface area contributed by atoms with Gasteiger partial charge < -0.3 is 67.9 Å². The second kappa shape index (κ2) is 42.3. The zero-order valence-corrected chi connectivity index (χ0v) is 44.0. The molecule has 0 spiro atoms. The minimum Gasteiger partial charge on any atom is -0.420 e. The standard InChI is InChI=1S/C50H78F4N6O16/c1-3-11-60(75-4-2)50(63)39-35-43-42(58-44(55)36-39)38-57-59(43)12-7-5-6-10-56-45(61)8-13-64-15-17-66-19-21-68-23-25-70-27-29-72-31-33-74-34-32-73-30-28-71-26-24-69-22-20-67-18-16-65-14-9-46(62)76-49-47(53)40(51)37-41(52)48(49)54/h35,37-38H,3-34,36H2,1-2H3,(H2,55,58)(H,56,61). The van der Waals surface area contributed by atoms with Crippen molar-refractivity contribution >= 4 is 35.4 Å². The van der Waals surface area contributed by atoms with Crippen LogP contribution < -0.4 is 15.8 Å². The number of amides is 2. The topological polar surface area (TPSA) is 243 Å². The number of aromatic nitrogens is 2. The molecule has 2 aromatic rings. The Morgan fingerprint density at radius 1 is 0.632 bits per heavy atom. The predicted octanol–water partition coefficient (Wildman–Crippen LogP) is 4.26. The molecule has 1 aliphatic heterocycles. The van der Waals surface area contributed by atoms with Gasteiger partial charge in [-0.05, 0) is 38.7 Å². The zero-order chi connectivity index (χ0) is 54.9. The Morgan fingerprint density at radius 3 is 1.53 bits per heavy atom. The molecule has 76 heavy (non-hydrogen) atoms. The highest BCUT2D eigenvalue weighted by molar-refractivity contribution is 6.04. The maximum atomic E-state index is 13.6. The Kier molecular flexibility index (Phi) is 36.5. The molecule has 1 aromatic heterocycles. The Labute approximate surface area is 441 Å². The number of hydrogen-bond donors (Lipinski definition) is 2. The highest BCUT2D eigenvalue weighted by Crippen LogP contribution is 2.28. The first-order valence-corrected chi connectivity index (χ1v) is 25.7. The first-order chi connectivity index (χ1) is 37.0. The number of nitrogens with zero attached hydrogens (tertiary/aromatic N) is 4. The van der Waals surface area contributed by atoms with Gasteiger partial charge in [-0.1, -0.05) is 6.92 Å². The Morgan fingerprint density at radius 2 is 1.08 bits per heavy atom. The van der Waals surface area contributed by atoms with Gasteiger partial charge in [0.2, 0.25) is 23.3 Å². The van der Waals surface area contributed by atoms with Crippen molar-refractivity contribution in [2.24, 2.45) is 10.7 Å². The van der Waals surface area contributed by atoms with Crippen molar-refractivity contribution < 1.29 is 93.6 Å². The number of nitrogens with two attached hydrogens (primary N) is 1. The van der Waals surface area contributed by atoms with E-state index < -0.39 is 41.4 Å². The van der Waals surface area contributed by atoms with Crippen molar-refractivity contribution in [3.05, 3.63) is 46.8 Å². The summed E-state index contributed by atoms with van der Waals surface area (Å²) >= 11 is 0. The van der Waals surface area contributed by atoms with Crippen molar-refractivity contribution in [1.82, 2.24) is 20.2 Å². The lowest BCUT2D eigenvalue weighted by atomic mass is 10.1. The van der Waals surface area contributed by atoms with Crippen molar-refractivity contribution in [3.8, 4) is 5.75 Å². The number of aryl methyl sites for hydroxylation is 1. The molecule has 1 aliphatic rings. The van der Waals surface area contributed by atoms with Crippen LogP contribution in [0.25, 0.3) is 6.08 Å². The van der Waals surface area contributed by atoms with Crippen LogP contribution in [0.15, 0.2) is 22.8 Å². The fourth-order valence-corrected chi connectivity index (χ4v) is 6.59. The maximum absolute atomic E-state index is 13.6. The molecule has 3 rings (SSSR count). The number of esters is 1. The molecule has 0 saturated carbocycles. The van der Waals surface area contributed by atoms with Gasteiger partial charge in [-0.25, -0.2) is 18.8 Å². The van der Waals surface area contributed by atoms with Gasteiger partial charge in [0, 0.05) is 44.1 Å². The number of aliphatic imine (C=N–C) groups is 1. The third kappa shape index (κ3) is 29.1. The predicted molar refractivity (Wildman–Crippen MR) is 267 cm³/mol. The van der Waals surface area contributed by atoms with Gasteiger partial charge in [0.25, 0.3) is 5.91 Å². The van der Waals surface area contributed by atoms with Gasteiger partial charge in [0.05, 0.1) is 170 Å². The van der Waals surface area contributed by atoms with Gasteiger partial charge in [-0.15, -0.1) is 0 Å². The molecule has 3 N–H and O–H groups in total. The second-order valence-corrected chi connectivity index (χ2v) is 16.3. The fourth-order valence-electron chi connectivity index (χ4n) is 6.59. The van der Waals surface area contributed by atoms with E-state index in [9.17, 15) is 31.9 Å². The summed E-state index contributed by atoms with van der Waals surface area (Å²) in [6, 6.07) is 0.0149. The first kappa shape index (κ1) is 65.6. The number of halogens is 4. The highest BCUT2D eigenvalue weighted by Gasteiger charge is 2.25. The molecule has 2 heterocycles. The number of carbonyl (C=O) groups is 3. The maximum Gasteiger partial charge on any atom is 0.313 e. The minimum atomic E-state index is -1.80. The molecule has 0 aliphatic carbocycles. The number of carbonyl (C=O) groups excluding carboxylic acids is 3. The van der Waals surface area contributed by atoms with Crippen molar-refractivity contribution in [1.29, 1.82) is 0 Å². The molecular weight excluding hydrogens is 1020 g/mol. The number of nitrogens with one attached hydrogen (secondary N) is 1. The molecule has 0 saturated heterocycles. The molecule has 26 heteroatoms. The van der Waals surface area contributed by atoms with E-state index >= 15 is 0 Å². The van der Waals surface area contributed by atoms with Crippen LogP contribution in [0.2, 0.25) is 0 Å². The van der Waals surface area contributed by atoms with Gasteiger partial charge in [0.1, 0.15) is 11.5 Å². The second-order valence-electron chi connectivity index (χ2n) is 16.3. The minimum absolute atomic E-state index is 0.0149. The van der Waals surface area contributed by atoms with E-state index in [0.717, 1.165) is 31.4 Å². The summed E-state index contributed by atoms with van der Waals surface area (Å²) in [5, 5.41) is 8.79. The number of benzene rings is 1. The lowest BCUT2D eigenvalue weighted by Gasteiger charge is -2.21. The van der Waals surface area contributed by atoms with Gasteiger partial charge in [-0.2, -0.15) is 13.9 Å². The molecule has 1 aromatic carbocycles. The van der Waals surface area contributed by atoms with Crippen LogP contribution >= 0.6 is 0 Å². The number of rotatable bonds is 48. The lowest BCUT2D eigenvalue weighted by molar-refractivity contribution is -0.180. The average Bonchev–Trinajstić information content (AvgIpc) is 3.69. The van der Waals surface area contributed by atoms with E-state index in [2.05, 4.69) is 20.1 Å². The van der Waals surface area contributed by atoms with E-state index in [0.29, 0.717) is 162 Å². The van der Waals surface area contributed by atoms with Crippen molar-refractivity contribution in [3.63, 3.8) is 0 Å². The van der Waals surface area contributed by atoms with Crippen LogP contribution in [0.3, 0.4) is 0 Å². The normalized spacial score (nSPS) is 12.3. The van der Waals surface area contributed by atoms with Crippen LogP contribution in [0, 0.1) is 23.3 Å². The summed E-state index contributed by atoms with van der Waals surface area (Å²) in [6.07, 6.45) is 6.84. The number of amidine groups is 1. The Bertz CT molecular complexity index is 1950. The monoisotopic (exact) mass is 1090 g/mol. The highest BCUT2D eigenvalue weighted by atomic mass is 19.2. The summed E-state index contributed by atoms with van der Waals surface area (Å²) < 4.78 is 120. The summed E-state index contributed by atoms with van der Waals surface area (Å²) in [4.78, 5) is 47.2. The number of hydrogen-bond acceptors (Lipinski definition) is 19. The third-order valence-electron chi connectivity index (χ3n) is 10.3. The molecule has 22 nitrogen and oxygen atoms in total. The fraction of sp³-hybridized carbons (Fsp3) is 0.700. The van der Waals surface area contributed by atoms with Crippen LogP contribution in [0.4, 0.5) is 23.2 Å². The van der Waals surface area contributed by atoms with E-state index in [1.807, 2.05) is 24.6 Å². The van der Waals surface area contributed by atoms with Gasteiger partial charge >= 0.3 is 5.97 Å². The van der Waals surface area contributed by atoms with Crippen LogP contribution in [-0.4, -0.2) is 204 Å². The molecule has 0 atom stereocenters. The molecule has 2 amide bonds. The van der Waals surface area contributed by atoms with Crippen LogP contribution in [-0.2, 0) is 77.9 Å². The SMILES string of the molecule is CCCN(OCC)C(=O)C1=Cc2c(cnn2CCCCCNC(=O)CCOCCOCCOCCOCCOCCOCCOCCOCCOCCOCCOCCC(=O)Oc2c(F)c(F)cc(F)c2F)N=C(N)C1.